The minimum Gasteiger partial charge on any atom is -0.495 e. The highest BCUT2D eigenvalue weighted by molar-refractivity contribution is 7.92. The first-order valence-corrected chi connectivity index (χ1v) is 14.8. The molecule has 0 aromatic heterocycles. The number of aryl methyl sites for hydroxylation is 1. The van der Waals surface area contributed by atoms with E-state index in [1.807, 2.05) is 20.8 Å². The second-order valence-corrected chi connectivity index (χ2v) is 12.3. The quantitative estimate of drug-likeness (QED) is 0.321. The van der Waals surface area contributed by atoms with Gasteiger partial charge in [0.1, 0.15) is 18.3 Å². The molecule has 3 aromatic rings. The monoisotopic (exact) mass is 585 g/mol. The van der Waals surface area contributed by atoms with Gasteiger partial charge in [-0.1, -0.05) is 67.4 Å². The predicted octanol–water partition coefficient (Wildman–Crippen LogP) is 5.04. The maximum Gasteiger partial charge on any atom is 0.264 e. The fourth-order valence-corrected chi connectivity index (χ4v) is 5.56. The van der Waals surface area contributed by atoms with Crippen molar-refractivity contribution in [2.45, 2.75) is 45.2 Å². The number of hydrogen-bond donors (Lipinski definition) is 1. The summed E-state index contributed by atoms with van der Waals surface area (Å²) in [5.74, 6) is -0.375. The van der Waals surface area contributed by atoms with Gasteiger partial charge in [0.2, 0.25) is 11.8 Å². The highest BCUT2D eigenvalue weighted by Gasteiger charge is 2.33. The van der Waals surface area contributed by atoms with Crippen molar-refractivity contribution >= 4 is 39.1 Å². The molecule has 0 aliphatic heterocycles. The van der Waals surface area contributed by atoms with Crippen LogP contribution in [0.2, 0.25) is 5.02 Å². The van der Waals surface area contributed by atoms with Crippen LogP contribution in [0.15, 0.2) is 77.7 Å². The van der Waals surface area contributed by atoms with E-state index in [1.165, 1.54) is 24.1 Å². The van der Waals surface area contributed by atoms with E-state index in [2.05, 4.69) is 5.32 Å². The number of carbonyl (C=O) groups excluding carboxylic acids is 2. The summed E-state index contributed by atoms with van der Waals surface area (Å²) in [7, 11) is -2.75. The van der Waals surface area contributed by atoms with Crippen molar-refractivity contribution in [3.05, 3.63) is 88.9 Å². The summed E-state index contributed by atoms with van der Waals surface area (Å²) in [6.45, 7) is 7.42. The summed E-state index contributed by atoms with van der Waals surface area (Å²) in [5, 5.41) is 3.41. The van der Waals surface area contributed by atoms with Crippen LogP contribution >= 0.6 is 11.6 Å². The lowest BCUT2D eigenvalue weighted by Crippen LogP contribution is -2.51. The maximum absolute atomic E-state index is 14.0. The molecule has 10 heteroatoms. The lowest BCUT2D eigenvalue weighted by atomic mass is 10.1. The van der Waals surface area contributed by atoms with Crippen LogP contribution in [0.4, 0.5) is 5.69 Å². The third kappa shape index (κ3) is 7.76. The topological polar surface area (TPSA) is 96.0 Å². The molecule has 214 valence electrons. The van der Waals surface area contributed by atoms with Crippen molar-refractivity contribution < 1.29 is 22.7 Å². The maximum atomic E-state index is 14.0. The van der Waals surface area contributed by atoms with E-state index in [4.69, 9.17) is 16.3 Å². The number of ether oxygens (including phenoxy) is 1. The van der Waals surface area contributed by atoms with E-state index in [0.717, 1.165) is 15.4 Å². The van der Waals surface area contributed by atoms with Crippen molar-refractivity contribution in [2.75, 3.05) is 24.5 Å². The Kier molecular flexibility index (Phi) is 10.6. The molecule has 0 unspecified atom stereocenters. The van der Waals surface area contributed by atoms with E-state index in [1.54, 1.807) is 67.6 Å². The van der Waals surface area contributed by atoms with Crippen LogP contribution in [0.25, 0.3) is 0 Å². The summed E-state index contributed by atoms with van der Waals surface area (Å²) in [5.41, 5.74) is 1.85. The molecule has 0 aliphatic carbocycles. The molecule has 2 amide bonds. The summed E-state index contributed by atoms with van der Waals surface area (Å²) >= 11 is 6.05. The zero-order valence-corrected chi connectivity index (χ0v) is 25.0. The standard InChI is InChI=1S/C30H36ClN3O5S/c1-21(2)18-32-30(36)23(4)33(19-24-12-14-25(31)15-13-24)29(35)20-34(27-8-6-7-9-28(27)39-5)40(37,38)26-16-10-22(3)11-17-26/h6-17,21,23H,18-20H2,1-5H3,(H,32,36)/t23-/m1/s1. The molecule has 3 aromatic carbocycles. The van der Waals surface area contributed by atoms with Gasteiger partial charge in [-0.25, -0.2) is 8.42 Å². The van der Waals surface area contributed by atoms with Gasteiger partial charge >= 0.3 is 0 Å². The molecule has 0 heterocycles. The number of halogens is 1. The van der Waals surface area contributed by atoms with Crippen LogP contribution in [0.3, 0.4) is 0 Å². The van der Waals surface area contributed by atoms with Gasteiger partial charge in [-0.2, -0.15) is 0 Å². The van der Waals surface area contributed by atoms with Gasteiger partial charge in [0.15, 0.2) is 0 Å². The Bertz CT molecular complexity index is 1410. The average Bonchev–Trinajstić information content (AvgIpc) is 2.93. The Morgan fingerprint density at radius 2 is 1.57 bits per heavy atom. The van der Waals surface area contributed by atoms with Gasteiger partial charge in [0.25, 0.3) is 10.0 Å². The van der Waals surface area contributed by atoms with Crippen LogP contribution in [0.5, 0.6) is 5.75 Å². The molecule has 0 fully saturated rings. The molecule has 0 saturated carbocycles. The van der Waals surface area contributed by atoms with Crippen LogP contribution in [-0.2, 0) is 26.2 Å². The lowest BCUT2D eigenvalue weighted by molar-refractivity contribution is -0.139. The van der Waals surface area contributed by atoms with Gasteiger partial charge in [-0.3, -0.25) is 13.9 Å². The van der Waals surface area contributed by atoms with E-state index in [0.29, 0.717) is 11.6 Å². The zero-order valence-electron chi connectivity index (χ0n) is 23.4. The third-order valence-corrected chi connectivity index (χ3v) is 8.39. The van der Waals surface area contributed by atoms with Crippen LogP contribution in [-0.4, -0.2) is 51.4 Å². The first-order valence-electron chi connectivity index (χ1n) is 13.0. The molecule has 1 N–H and O–H groups in total. The number of para-hydroxylation sites is 2. The number of amides is 2. The highest BCUT2D eigenvalue weighted by Crippen LogP contribution is 2.32. The number of anilines is 1. The number of sulfonamides is 1. The van der Waals surface area contributed by atoms with Gasteiger partial charge < -0.3 is 15.0 Å². The Hall–Kier alpha value is -3.56. The lowest BCUT2D eigenvalue weighted by Gasteiger charge is -2.32. The average molecular weight is 586 g/mol. The van der Waals surface area contributed by atoms with Crippen LogP contribution in [0.1, 0.15) is 31.9 Å². The van der Waals surface area contributed by atoms with Crippen molar-refractivity contribution in [3.8, 4) is 5.75 Å². The summed E-state index contributed by atoms with van der Waals surface area (Å²) < 4.78 is 34.4. The van der Waals surface area contributed by atoms with Gasteiger partial charge in [0, 0.05) is 18.1 Å². The van der Waals surface area contributed by atoms with E-state index >= 15 is 0 Å². The van der Waals surface area contributed by atoms with Gasteiger partial charge in [0.05, 0.1) is 17.7 Å². The van der Waals surface area contributed by atoms with Crippen LogP contribution in [0, 0.1) is 12.8 Å². The summed E-state index contributed by atoms with van der Waals surface area (Å²) in [4.78, 5) is 28.5. The van der Waals surface area contributed by atoms with Crippen molar-refractivity contribution in [2.24, 2.45) is 5.92 Å². The molecule has 1 atom stereocenters. The minimum atomic E-state index is -4.19. The largest absolute Gasteiger partial charge is 0.495 e. The first kappa shape index (κ1) is 31.0. The van der Waals surface area contributed by atoms with Crippen molar-refractivity contribution in [1.29, 1.82) is 0 Å². The Labute approximate surface area is 241 Å². The summed E-state index contributed by atoms with van der Waals surface area (Å²) in [6, 6.07) is 19.1. The number of methoxy groups -OCH3 is 1. The van der Waals surface area contributed by atoms with Crippen LogP contribution < -0.4 is 14.4 Å². The Morgan fingerprint density at radius 1 is 0.950 bits per heavy atom. The second kappa shape index (κ2) is 13.7. The number of benzene rings is 3. The van der Waals surface area contributed by atoms with E-state index in [-0.39, 0.29) is 34.7 Å². The summed E-state index contributed by atoms with van der Waals surface area (Å²) in [6.07, 6.45) is 0. The van der Waals surface area contributed by atoms with Gasteiger partial charge in [-0.05, 0) is 61.7 Å². The zero-order chi connectivity index (χ0) is 29.4. The first-order chi connectivity index (χ1) is 18.9. The number of hydrogen-bond acceptors (Lipinski definition) is 5. The normalized spacial score (nSPS) is 12.1. The number of carbonyl (C=O) groups is 2. The molecular formula is C30H36ClN3O5S. The van der Waals surface area contributed by atoms with E-state index < -0.39 is 28.5 Å². The number of rotatable bonds is 12. The third-order valence-electron chi connectivity index (χ3n) is 6.36. The number of nitrogens with one attached hydrogen (secondary N) is 1. The predicted molar refractivity (Wildman–Crippen MR) is 158 cm³/mol. The molecule has 0 bridgehead atoms. The smallest absolute Gasteiger partial charge is 0.264 e. The Balaban J connectivity index is 2.04. The highest BCUT2D eigenvalue weighted by atomic mass is 35.5. The molecule has 3 rings (SSSR count). The molecule has 0 saturated heterocycles. The second-order valence-electron chi connectivity index (χ2n) is 9.96. The molecular weight excluding hydrogens is 550 g/mol. The van der Waals surface area contributed by atoms with Crippen molar-refractivity contribution in [1.82, 2.24) is 10.2 Å². The Morgan fingerprint density at radius 3 is 2.17 bits per heavy atom. The van der Waals surface area contributed by atoms with Crippen molar-refractivity contribution in [3.63, 3.8) is 0 Å². The molecule has 0 aliphatic rings. The molecule has 8 nitrogen and oxygen atoms in total. The molecule has 40 heavy (non-hydrogen) atoms. The number of nitrogens with zero attached hydrogens (tertiary/aromatic N) is 2. The fourth-order valence-electron chi connectivity index (χ4n) is 4.01. The molecule has 0 spiro atoms. The SMILES string of the molecule is COc1ccccc1N(CC(=O)N(Cc1ccc(Cl)cc1)[C@H](C)C(=O)NCC(C)C)S(=O)(=O)c1ccc(C)cc1. The van der Waals surface area contributed by atoms with Gasteiger partial charge in [-0.15, -0.1) is 0 Å². The van der Waals surface area contributed by atoms with E-state index in [9.17, 15) is 18.0 Å². The molecule has 0 radical (unpaired) electrons. The fraction of sp³-hybridized carbons (Fsp3) is 0.333. The minimum absolute atomic E-state index is 0.0313.